The van der Waals surface area contributed by atoms with Gasteiger partial charge in [-0.2, -0.15) is 0 Å². The Hall–Kier alpha value is -2.92. The molecule has 0 spiro atoms. The van der Waals surface area contributed by atoms with Crippen molar-refractivity contribution in [3.63, 3.8) is 0 Å². The smallest absolute Gasteiger partial charge is 0.165 e. The number of nitrogens with zero attached hydrogens (tertiary/aromatic N) is 1. The van der Waals surface area contributed by atoms with Crippen LogP contribution in [0.2, 0.25) is 0 Å². The SMILES string of the molecule is COCCOc1cnccc1-c1[nH]c2c(c1Cc1ccccc1)C(=O)CC(C)(C)C2. The minimum Gasteiger partial charge on any atom is -0.489 e. The van der Waals surface area contributed by atoms with Crippen LogP contribution in [0.4, 0.5) is 0 Å². The van der Waals surface area contributed by atoms with Gasteiger partial charge in [0.05, 0.1) is 18.5 Å². The molecule has 2 aromatic heterocycles. The molecule has 1 aliphatic rings. The fraction of sp³-hybridized carbons (Fsp3) is 0.360. The molecule has 0 saturated carbocycles. The number of nitrogens with one attached hydrogen (secondary N) is 1. The van der Waals surface area contributed by atoms with E-state index in [2.05, 4.69) is 35.9 Å². The first-order valence-electron chi connectivity index (χ1n) is 10.4. The number of benzene rings is 1. The van der Waals surface area contributed by atoms with Crippen molar-refractivity contribution in [1.29, 1.82) is 0 Å². The fourth-order valence-corrected chi connectivity index (χ4v) is 4.27. The molecular formula is C25H28N2O3. The Morgan fingerprint density at radius 3 is 2.67 bits per heavy atom. The molecule has 4 rings (SSSR count). The lowest BCUT2D eigenvalue weighted by Crippen LogP contribution is -2.27. The molecule has 0 fully saturated rings. The highest BCUT2D eigenvalue weighted by atomic mass is 16.5. The van der Waals surface area contributed by atoms with Gasteiger partial charge in [0, 0.05) is 43.0 Å². The van der Waals surface area contributed by atoms with E-state index in [1.807, 2.05) is 24.3 Å². The second kappa shape index (κ2) is 8.44. The molecule has 156 valence electrons. The van der Waals surface area contributed by atoms with Crippen LogP contribution in [0, 0.1) is 5.41 Å². The average Bonchev–Trinajstić information content (AvgIpc) is 3.06. The molecule has 0 saturated heterocycles. The van der Waals surface area contributed by atoms with Gasteiger partial charge in [-0.05, 0) is 29.0 Å². The average molecular weight is 405 g/mol. The van der Waals surface area contributed by atoms with Crippen LogP contribution in [0.25, 0.3) is 11.3 Å². The van der Waals surface area contributed by atoms with Crippen LogP contribution in [0.5, 0.6) is 5.75 Å². The van der Waals surface area contributed by atoms with E-state index >= 15 is 0 Å². The van der Waals surface area contributed by atoms with E-state index in [4.69, 9.17) is 9.47 Å². The second-order valence-corrected chi connectivity index (χ2v) is 8.65. The molecule has 1 N–H and O–H groups in total. The molecule has 1 aromatic carbocycles. The summed E-state index contributed by atoms with van der Waals surface area (Å²) in [6.07, 6.45) is 5.58. The third-order valence-corrected chi connectivity index (χ3v) is 5.58. The summed E-state index contributed by atoms with van der Waals surface area (Å²) in [5.74, 6) is 0.903. The van der Waals surface area contributed by atoms with Crippen molar-refractivity contribution < 1.29 is 14.3 Å². The summed E-state index contributed by atoms with van der Waals surface area (Å²) >= 11 is 0. The zero-order valence-electron chi connectivity index (χ0n) is 17.8. The second-order valence-electron chi connectivity index (χ2n) is 8.65. The maximum absolute atomic E-state index is 13.2. The molecular weight excluding hydrogens is 376 g/mol. The number of fused-ring (bicyclic) bond motifs is 1. The van der Waals surface area contributed by atoms with Gasteiger partial charge < -0.3 is 14.5 Å². The van der Waals surface area contributed by atoms with E-state index < -0.39 is 0 Å². The predicted molar refractivity (Wildman–Crippen MR) is 117 cm³/mol. The molecule has 0 aliphatic heterocycles. The Bertz CT molecular complexity index is 1040. The number of hydrogen-bond donors (Lipinski definition) is 1. The summed E-state index contributed by atoms with van der Waals surface area (Å²) in [5, 5.41) is 0. The highest BCUT2D eigenvalue weighted by Crippen LogP contribution is 2.42. The summed E-state index contributed by atoms with van der Waals surface area (Å²) in [6, 6.07) is 12.2. The molecule has 5 heteroatoms. The third kappa shape index (κ3) is 4.17. The van der Waals surface area contributed by atoms with Crippen LogP contribution in [0.1, 0.15) is 47.4 Å². The van der Waals surface area contributed by atoms with E-state index in [0.717, 1.165) is 34.5 Å². The van der Waals surface area contributed by atoms with E-state index in [9.17, 15) is 4.79 Å². The van der Waals surface area contributed by atoms with Crippen molar-refractivity contribution in [1.82, 2.24) is 9.97 Å². The van der Waals surface area contributed by atoms with Crippen LogP contribution < -0.4 is 4.74 Å². The van der Waals surface area contributed by atoms with Gasteiger partial charge in [0.15, 0.2) is 5.78 Å². The zero-order valence-corrected chi connectivity index (χ0v) is 17.8. The topological polar surface area (TPSA) is 64.2 Å². The van der Waals surface area contributed by atoms with Gasteiger partial charge in [-0.25, -0.2) is 0 Å². The van der Waals surface area contributed by atoms with Crippen molar-refractivity contribution in [3.8, 4) is 17.0 Å². The number of pyridine rings is 1. The molecule has 30 heavy (non-hydrogen) atoms. The number of ketones is 1. The predicted octanol–water partition coefficient (Wildman–Crippen LogP) is 4.85. The number of aromatic nitrogens is 2. The van der Waals surface area contributed by atoms with Gasteiger partial charge in [0.25, 0.3) is 0 Å². The van der Waals surface area contributed by atoms with E-state index in [1.54, 1.807) is 19.5 Å². The lowest BCUT2D eigenvalue weighted by Gasteiger charge is -2.28. The zero-order chi connectivity index (χ0) is 21.1. The molecule has 0 amide bonds. The molecule has 3 aromatic rings. The number of H-pyrrole nitrogens is 1. The molecule has 0 atom stereocenters. The summed E-state index contributed by atoms with van der Waals surface area (Å²) in [5.41, 5.74) is 5.92. The summed E-state index contributed by atoms with van der Waals surface area (Å²) in [6.45, 7) is 5.24. The molecule has 0 bridgehead atoms. The minimum atomic E-state index is -0.0493. The number of Topliss-reactive ketones (excluding diaryl/α,β-unsaturated/α-hetero) is 1. The van der Waals surface area contributed by atoms with Crippen LogP contribution in [0.3, 0.4) is 0 Å². The quantitative estimate of drug-likeness (QED) is 0.572. The first-order valence-corrected chi connectivity index (χ1v) is 10.4. The molecule has 2 heterocycles. The van der Waals surface area contributed by atoms with Gasteiger partial charge in [-0.15, -0.1) is 0 Å². The van der Waals surface area contributed by atoms with Crippen LogP contribution in [0.15, 0.2) is 48.8 Å². The summed E-state index contributed by atoms with van der Waals surface area (Å²) < 4.78 is 11.1. The Morgan fingerprint density at radius 1 is 1.10 bits per heavy atom. The van der Waals surface area contributed by atoms with E-state index in [0.29, 0.717) is 31.8 Å². The number of methoxy groups -OCH3 is 1. The summed E-state index contributed by atoms with van der Waals surface area (Å²) in [4.78, 5) is 21.0. The standard InChI is InChI=1S/C25H28N2O3/c1-25(2)14-20-23(21(28)15-25)19(13-17-7-5-4-6-8-17)24(27-20)18-9-10-26-16-22(18)30-12-11-29-3/h4-10,16,27H,11-15H2,1-3H3. The lowest BCUT2D eigenvalue weighted by atomic mass is 9.75. The molecule has 0 unspecified atom stereocenters. The lowest BCUT2D eigenvalue weighted by molar-refractivity contribution is 0.0911. The third-order valence-electron chi connectivity index (χ3n) is 5.58. The van der Waals surface area contributed by atoms with Crippen molar-refractivity contribution >= 4 is 5.78 Å². The van der Waals surface area contributed by atoms with Gasteiger partial charge in [-0.3, -0.25) is 9.78 Å². The Labute approximate surface area is 177 Å². The van der Waals surface area contributed by atoms with Crippen LogP contribution in [-0.4, -0.2) is 36.1 Å². The molecule has 5 nitrogen and oxygen atoms in total. The van der Waals surface area contributed by atoms with Gasteiger partial charge in [0.1, 0.15) is 12.4 Å². The molecule has 1 aliphatic carbocycles. The number of aromatic amines is 1. The maximum Gasteiger partial charge on any atom is 0.165 e. The van der Waals surface area contributed by atoms with Crippen molar-refractivity contribution in [2.75, 3.05) is 20.3 Å². The molecule has 0 radical (unpaired) electrons. The van der Waals surface area contributed by atoms with Gasteiger partial charge in [0.2, 0.25) is 0 Å². The fourth-order valence-electron chi connectivity index (χ4n) is 4.27. The highest BCUT2D eigenvalue weighted by Gasteiger charge is 2.35. The first-order chi connectivity index (χ1) is 14.5. The summed E-state index contributed by atoms with van der Waals surface area (Å²) in [7, 11) is 1.65. The van der Waals surface area contributed by atoms with E-state index in [-0.39, 0.29) is 11.2 Å². The number of rotatable bonds is 7. The Balaban J connectivity index is 1.83. The van der Waals surface area contributed by atoms with Crippen LogP contribution in [-0.2, 0) is 17.6 Å². The normalized spacial score (nSPS) is 15.1. The Kier molecular flexibility index (Phi) is 5.73. The van der Waals surface area contributed by atoms with Gasteiger partial charge in [-0.1, -0.05) is 44.2 Å². The van der Waals surface area contributed by atoms with Crippen molar-refractivity contribution in [2.24, 2.45) is 5.41 Å². The number of carbonyl (C=O) groups excluding carboxylic acids is 1. The minimum absolute atomic E-state index is 0.0493. The number of ether oxygens (including phenoxy) is 2. The maximum atomic E-state index is 13.2. The number of carbonyl (C=O) groups is 1. The highest BCUT2D eigenvalue weighted by molar-refractivity contribution is 6.02. The van der Waals surface area contributed by atoms with Crippen molar-refractivity contribution in [3.05, 3.63) is 71.2 Å². The van der Waals surface area contributed by atoms with E-state index in [1.165, 1.54) is 5.56 Å². The van der Waals surface area contributed by atoms with Gasteiger partial charge >= 0.3 is 0 Å². The van der Waals surface area contributed by atoms with Crippen LogP contribution >= 0.6 is 0 Å². The van der Waals surface area contributed by atoms with Crippen molar-refractivity contribution in [2.45, 2.75) is 33.1 Å². The Morgan fingerprint density at radius 2 is 1.90 bits per heavy atom. The number of hydrogen-bond acceptors (Lipinski definition) is 4. The largest absolute Gasteiger partial charge is 0.489 e. The first kappa shape index (κ1) is 20.4. The monoisotopic (exact) mass is 404 g/mol.